The van der Waals surface area contributed by atoms with E-state index in [1.807, 2.05) is 6.92 Å². The molecule has 0 aliphatic carbocycles. The highest BCUT2D eigenvalue weighted by atomic mass is 19.4. The van der Waals surface area contributed by atoms with E-state index in [2.05, 4.69) is 9.97 Å². The molecule has 3 aromatic rings. The van der Waals surface area contributed by atoms with E-state index >= 15 is 0 Å². The number of hydrogen-bond acceptors (Lipinski definition) is 5. The quantitative estimate of drug-likeness (QED) is 0.571. The summed E-state index contributed by atoms with van der Waals surface area (Å²) in [6, 6.07) is 7.50. The number of pyridine rings is 2. The van der Waals surface area contributed by atoms with Crippen LogP contribution < -0.4 is 9.47 Å². The topological polar surface area (TPSA) is 61.3 Å². The molecule has 0 unspecified atom stereocenters. The van der Waals surface area contributed by atoms with Crippen molar-refractivity contribution in [3.63, 3.8) is 0 Å². The van der Waals surface area contributed by atoms with Gasteiger partial charge >= 0.3 is 12.1 Å². The molecule has 3 rings (SSSR count). The maximum absolute atomic E-state index is 12.7. The number of aromatic nitrogens is 2. The van der Waals surface area contributed by atoms with E-state index in [0.717, 1.165) is 17.8 Å². The molecule has 0 saturated heterocycles. The summed E-state index contributed by atoms with van der Waals surface area (Å²) >= 11 is 0. The maximum Gasteiger partial charge on any atom is 0.416 e. The van der Waals surface area contributed by atoms with Crippen LogP contribution in [0.2, 0.25) is 0 Å². The Morgan fingerprint density at radius 3 is 2.32 bits per heavy atom. The normalized spacial score (nSPS) is 11.5. The highest BCUT2D eigenvalue weighted by Crippen LogP contribution is 2.33. The average molecular weight is 390 g/mol. The van der Waals surface area contributed by atoms with Crippen LogP contribution in [0.1, 0.15) is 30.7 Å². The Morgan fingerprint density at radius 2 is 1.75 bits per heavy atom. The molecule has 0 amide bonds. The zero-order valence-electron chi connectivity index (χ0n) is 15.4. The monoisotopic (exact) mass is 390 g/mol. The second-order valence-electron chi connectivity index (χ2n) is 6.10. The SMILES string of the molecule is CCc1nc2ccc(Oc3ccc(C(F)(F)F)cc3)nc2c(OC(C)=O)c1C. The van der Waals surface area contributed by atoms with Gasteiger partial charge in [0.05, 0.1) is 11.1 Å². The summed E-state index contributed by atoms with van der Waals surface area (Å²) in [6.45, 7) is 5.02. The van der Waals surface area contributed by atoms with Gasteiger partial charge in [-0.15, -0.1) is 0 Å². The summed E-state index contributed by atoms with van der Waals surface area (Å²) < 4.78 is 48.9. The Morgan fingerprint density at radius 1 is 1.07 bits per heavy atom. The van der Waals surface area contributed by atoms with Gasteiger partial charge in [0, 0.05) is 24.2 Å². The number of rotatable bonds is 4. The number of benzene rings is 1. The van der Waals surface area contributed by atoms with Crippen LogP contribution >= 0.6 is 0 Å². The van der Waals surface area contributed by atoms with Gasteiger partial charge in [-0.2, -0.15) is 13.2 Å². The number of esters is 1. The molecule has 0 bridgehead atoms. The summed E-state index contributed by atoms with van der Waals surface area (Å²) in [6.07, 6.45) is -3.77. The Bertz CT molecular complexity index is 1030. The van der Waals surface area contributed by atoms with Gasteiger partial charge in [0.15, 0.2) is 5.75 Å². The molecular weight excluding hydrogens is 373 g/mol. The Kier molecular flexibility index (Phi) is 5.22. The maximum atomic E-state index is 12.7. The molecular formula is C20H17F3N2O3. The number of fused-ring (bicyclic) bond motifs is 1. The Balaban J connectivity index is 2.00. The van der Waals surface area contributed by atoms with Crippen molar-refractivity contribution in [3.05, 3.63) is 53.2 Å². The lowest BCUT2D eigenvalue weighted by Gasteiger charge is -2.13. The molecule has 1 aromatic carbocycles. The Labute approximate surface area is 159 Å². The fraction of sp³-hybridized carbons (Fsp3) is 0.250. The van der Waals surface area contributed by atoms with Gasteiger partial charge in [0.2, 0.25) is 5.88 Å². The van der Waals surface area contributed by atoms with Crippen molar-refractivity contribution < 1.29 is 27.4 Å². The number of hydrogen-bond donors (Lipinski definition) is 0. The van der Waals surface area contributed by atoms with E-state index in [1.165, 1.54) is 19.1 Å². The minimum absolute atomic E-state index is 0.145. The molecule has 2 heterocycles. The number of aryl methyl sites for hydroxylation is 1. The summed E-state index contributed by atoms with van der Waals surface area (Å²) in [5.74, 6) is 0.149. The summed E-state index contributed by atoms with van der Waals surface area (Å²) in [7, 11) is 0. The number of carbonyl (C=O) groups is 1. The number of carbonyl (C=O) groups excluding carboxylic acids is 1. The first kappa shape index (κ1) is 19.6. The van der Waals surface area contributed by atoms with Crippen molar-refractivity contribution in [3.8, 4) is 17.4 Å². The largest absolute Gasteiger partial charge is 0.439 e. The second kappa shape index (κ2) is 7.46. The molecule has 0 atom stereocenters. The zero-order valence-corrected chi connectivity index (χ0v) is 15.4. The third kappa shape index (κ3) is 4.05. The van der Waals surface area contributed by atoms with Crippen LogP contribution in [0, 0.1) is 6.92 Å². The summed E-state index contributed by atoms with van der Waals surface area (Å²) in [5.41, 5.74) is 1.58. The molecule has 0 aliphatic heterocycles. The third-order valence-electron chi connectivity index (χ3n) is 4.08. The van der Waals surface area contributed by atoms with Crippen LogP contribution in [-0.2, 0) is 17.4 Å². The molecule has 0 fully saturated rings. The van der Waals surface area contributed by atoms with E-state index in [-0.39, 0.29) is 11.6 Å². The van der Waals surface area contributed by atoms with Gasteiger partial charge in [-0.3, -0.25) is 9.78 Å². The van der Waals surface area contributed by atoms with Crippen LogP contribution in [0.3, 0.4) is 0 Å². The lowest BCUT2D eigenvalue weighted by molar-refractivity contribution is -0.137. The van der Waals surface area contributed by atoms with E-state index in [0.29, 0.717) is 28.8 Å². The van der Waals surface area contributed by atoms with Crippen LogP contribution in [-0.4, -0.2) is 15.9 Å². The number of nitrogens with zero attached hydrogens (tertiary/aromatic N) is 2. The average Bonchev–Trinajstić information content (AvgIpc) is 2.63. The van der Waals surface area contributed by atoms with E-state index < -0.39 is 17.7 Å². The molecule has 2 aromatic heterocycles. The summed E-state index contributed by atoms with van der Waals surface area (Å²) in [5, 5.41) is 0. The van der Waals surface area contributed by atoms with Crippen molar-refractivity contribution in [1.82, 2.24) is 9.97 Å². The van der Waals surface area contributed by atoms with E-state index in [9.17, 15) is 18.0 Å². The van der Waals surface area contributed by atoms with Crippen LogP contribution in [0.5, 0.6) is 17.4 Å². The third-order valence-corrected chi connectivity index (χ3v) is 4.08. The molecule has 28 heavy (non-hydrogen) atoms. The van der Waals surface area contributed by atoms with Gasteiger partial charge in [-0.1, -0.05) is 6.92 Å². The lowest BCUT2D eigenvalue weighted by Crippen LogP contribution is -2.07. The van der Waals surface area contributed by atoms with Crippen LogP contribution in [0.15, 0.2) is 36.4 Å². The summed E-state index contributed by atoms with van der Waals surface area (Å²) in [4.78, 5) is 20.4. The predicted octanol–water partition coefficient (Wildman–Crippen LogP) is 5.24. The standard InChI is InChI=1S/C20H17F3N2O3/c1-4-15-11(2)19(27-12(3)26)18-16(24-15)9-10-17(25-18)28-14-7-5-13(6-8-14)20(21,22)23/h5-10H,4H2,1-3H3. The molecule has 5 nitrogen and oxygen atoms in total. The van der Waals surface area contributed by atoms with Gasteiger partial charge in [-0.25, -0.2) is 4.98 Å². The van der Waals surface area contributed by atoms with Crippen molar-refractivity contribution in [2.45, 2.75) is 33.4 Å². The molecule has 8 heteroatoms. The molecule has 0 spiro atoms. The first-order valence-electron chi connectivity index (χ1n) is 8.52. The first-order chi connectivity index (χ1) is 13.2. The first-order valence-corrected chi connectivity index (χ1v) is 8.52. The zero-order chi connectivity index (χ0) is 20.5. The predicted molar refractivity (Wildman–Crippen MR) is 96.5 cm³/mol. The highest BCUT2D eigenvalue weighted by molar-refractivity contribution is 5.86. The smallest absolute Gasteiger partial charge is 0.416 e. The molecule has 0 saturated carbocycles. The highest BCUT2D eigenvalue weighted by Gasteiger charge is 2.30. The molecule has 0 aliphatic rings. The number of halogens is 3. The van der Waals surface area contributed by atoms with Gasteiger partial charge < -0.3 is 9.47 Å². The van der Waals surface area contributed by atoms with Crippen molar-refractivity contribution in [2.24, 2.45) is 0 Å². The second-order valence-corrected chi connectivity index (χ2v) is 6.10. The van der Waals surface area contributed by atoms with Crippen LogP contribution in [0.25, 0.3) is 11.0 Å². The lowest BCUT2D eigenvalue weighted by atomic mass is 10.1. The van der Waals surface area contributed by atoms with E-state index in [1.54, 1.807) is 19.1 Å². The minimum Gasteiger partial charge on any atom is -0.439 e. The number of alkyl halides is 3. The van der Waals surface area contributed by atoms with Crippen molar-refractivity contribution in [2.75, 3.05) is 0 Å². The van der Waals surface area contributed by atoms with Gasteiger partial charge in [0.25, 0.3) is 0 Å². The van der Waals surface area contributed by atoms with Gasteiger partial charge in [-0.05, 0) is 43.7 Å². The van der Waals surface area contributed by atoms with Crippen molar-refractivity contribution in [1.29, 1.82) is 0 Å². The fourth-order valence-corrected chi connectivity index (χ4v) is 2.73. The number of ether oxygens (including phenoxy) is 2. The molecule has 0 radical (unpaired) electrons. The van der Waals surface area contributed by atoms with Crippen LogP contribution in [0.4, 0.5) is 13.2 Å². The molecule has 146 valence electrons. The van der Waals surface area contributed by atoms with Crippen molar-refractivity contribution >= 4 is 17.0 Å². The minimum atomic E-state index is -4.42. The fourth-order valence-electron chi connectivity index (χ4n) is 2.73. The Hall–Kier alpha value is -3.16. The van der Waals surface area contributed by atoms with E-state index in [4.69, 9.17) is 9.47 Å². The molecule has 0 N–H and O–H groups in total. The van der Waals surface area contributed by atoms with Gasteiger partial charge in [0.1, 0.15) is 11.3 Å².